The number of carbonyl (C=O) groups is 4. The van der Waals surface area contributed by atoms with E-state index in [1.165, 1.54) is 4.90 Å². The molecule has 0 saturated carbocycles. The van der Waals surface area contributed by atoms with Crippen LogP contribution in [0.5, 0.6) is 0 Å². The van der Waals surface area contributed by atoms with Gasteiger partial charge in [-0.15, -0.1) is 0 Å². The number of imide groups is 1. The Bertz CT molecular complexity index is 1060. The first-order valence-corrected chi connectivity index (χ1v) is 11.1. The van der Waals surface area contributed by atoms with Crippen LogP contribution >= 0.6 is 0 Å². The zero-order valence-electron chi connectivity index (χ0n) is 18.6. The summed E-state index contributed by atoms with van der Waals surface area (Å²) in [6, 6.07) is 11.2. The van der Waals surface area contributed by atoms with Gasteiger partial charge in [-0.25, -0.2) is 4.79 Å². The second kappa shape index (κ2) is 9.81. The van der Waals surface area contributed by atoms with Crippen molar-refractivity contribution in [3.8, 4) is 11.1 Å². The van der Waals surface area contributed by atoms with Crippen molar-refractivity contribution >= 4 is 23.8 Å². The number of hydrogen-bond donors (Lipinski definition) is 1. The molecule has 172 valence electrons. The van der Waals surface area contributed by atoms with Gasteiger partial charge in [0.1, 0.15) is 13.1 Å². The van der Waals surface area contributed by atoms with Gasteiger partial charge in [-0.1, -0.05) is 30.3 Å². The molecule has 1 aromatic heterocycles. The van der Waals surface area contributed by atoms with Gasteiger partial charge in [0.15, 0.2) is 0 Å². The Morgan fingerprint density at radius 2 is 1.91 bits per heavy atom. The average molecular weight is 450 g/mol. The van der Waals surface area contributed by atoms with E-state index in [0.29, 0.717) is 26.1 Å². The van der Waals surface area contributed by atoms with Crippen LogP contribution in [0.2, 0.25) is 0 Å². The SMILES string of the molecule is CCN1CCN(C(=O)CN2CC(=O)NC2=O)CC(Cc2ccccc2-c2cccnc2)C1=O. The summed E-state index contributed by atoms with van der Waals surface area (Å²) in [6.07, 6.45) is 3.99. The fraction of sp³-hybridized carbons (Fsp3) is 0.375. The minimum Gasteiger partial charge on any atom is -0.341 e. The molecule has 33 heavy (non-hydrogen) atoms. The molecule has 0 radical (unpaired) electrons. The van der Waals surface area contributed by atoms with Gasteiger partial charge < -0.3 is 14.7 Å². The normalized spacial score (nSPS) is 19.0. The minimum absolute atomic E-state index is 0.0166. The van der Waals surface area contributed by atoms with Crippen LogP contribution in [0, 0.1) is 5.92 Å². The van der Waals surface area contributed by atoms with E-state index in [9.17, 15) is 19.2 Å². The summed E-state index contributed by atoms with van der Waals surface area (Å²) in [5, 5.41) is 2.18. The van der Waals surface area contributed by atoms with Crippen LogP contribution in [0.1, 0.15) is 12.5 Å². The molecule has 1 atom stereocenters. The van der Waals surface area contributed by atoms with E-state index in [-0.39, 0.29) is 31.4 Å². The lowest BCUT2D eigenvalue weighted by Crippen LogP contribution is -2.44. The second-order valence-corrected chi connectivity index (χ2v) is 8.27. The molecule has 9 nitrogen and oxygen atoms in total. The van der Waals surface area contributed by atoms with Crippen LogP contribution in [0.15, 0.2) is 48.8 Å². The number of nitrogens with zero attached hydrogens (tertiary/aromatic N) is 4. The van der Waals surface area contributed by atoms with E-state index in [1.807, 2.05) is 43.3 Å². The van der Waals surface area contributed by atoms with Crippen LogP contribution in [-0.2, 0) is 20.8 Å². The molecule has 3 heterocycles. The van der Waals surface area contributed by atoms with Crippen LogP contribution in [0.25, 0.3) is 11.1 Å². The van der Waals surface area contributed by atoms with Gasteiger partial charge in [0, 0.05) is 44.1 Å². The molecule has 1 unspecified atom stereocenters. The average Bonchev–Trinajstić information content (AvgIpc) is 3.04. The molecule has 2 fully saturated rings. The maximum atomic E-state index is 13.3. The number of aromatic nitrogens is 1. The summed E-state index contributed by atoms with van der Waals surface area (Å²) in [4.78, 5) is 58.4. The van der Waals surface area contributed by atoms with Crippen molar-refractivity contribution in [3.63, 3.8) is 0 Å². The molecule has 4 rings (SSSR count). The Kier molecular flexibility index (Phi) is 6.67. The quantitative estimate of drug-likeness (QED) is 0.667. The van der Waals surface area contributed by atoms with Crippen molar-refractivity contribution in [2.24, 2.45) is 5.92 Å². The van der Waals surface area contributed by atoms with Crippen molar-refractivity contribution in [1.82, 2.24) is 25.0 Å². The van der Waals surface area contributed by atoms with Crippen LogP contribution < -0.4 is 5.32 Å². The summed E-state index contributed by atoms with van der Waals surface area (Å²) in [6.45, 7) is 3.27. The lowest BCUT2D eigenvalue weighted by molar-refractivity contribution is -0.134. The van der Waals surface area contributed by atoms with Crippen LogP contribution in [0.3, 0.4) is 0 Å². The lowest BCUT2D eigenvalue weighted by atomic mass is 9.91. The van der Waals surface area contributed by atoms with Gasteiger partial charge in [-0.2, -0.15) is 0 Å². The minimum atomic E-state index is -0.559. The fourth-order valence-corrected chi connectivity index (χ4v) is 4.38. The highest BCUT2D eigenvalue weighted by Crippen LogP contribution is 2.26. The first-order chi connectivity index (χ1) is 16.0. The van der Waals surface area contributed by atoms with Crippen molar-refractivity contribution in [3.05, 3.63) is 54.4 Å². The summed E-state index contributed by atoms with van der Waals surface area (Å²) in [7, 11) is 0. The molecule has 2 saturated heterocycles. The highest BCUT2D eigenvalue weighted by atomic mass is 16.2. The summed E-state index contributed by atoms with van der Waals surface area (Å²) in [5.41, 5.74) is 2.99. The Hall–Kier alpha value is -3.75. The smallest absolute Gasteiger partial charge is 0.325 e. The molecular weight excluding hydrogens is 422 g/mol. The Balaban J connectivity index is 1.55. The van der Waals surface area contributed by atoms with Crippen LogP contribution in [0.4, 0.5) is 4.79 Å². The lowest BCUT2D eigenvalue weighted by Gasteiger charge is -2.25. The topological polar surface area (TPSA) is 103 Å². The number of likely N-dealkylation sites (N-methyl/N-ethyl adjacent to an activating group) is 1. The van der Waals surface area contributed by atoms with Gasteiger partial charge in [-0.3, -0.25) is 24.7 Å². The monoisotopic (exact) mass is 449 g/mol. The summed E-state index contributed by atoms with van der Waals surface area (Å²) < 4.78 is 0. The zero-order chi connectivity index (χ0) is 23.4. The van der Waals surface area contributed by atoms with Gasteiger partial charge in [0.05, 0.1) is 5.92 Å². The van der Waals surface area contributed by atoms with E-state index >= 15 is 0 Å². The van der Waals surface area contributed by atoms with Crippen molar-refractivity contribution < 1.29 is 19.2 Å². The largest absolute Gasteiger partial charge is 0.341 e. The number of hydrogen-bond acceptors (Lipinski definition) is 5. The first kappa shape index (κ1) is 22.4. The van der Waals surface area contributed by atoms with Crippen molar-refractivity contribution in [2.45, 2.75) is 13.3 Å². The van der Waals surface area contributed by atoms with Gasteiger partial charge >= 0.3 is 6.03 Å². The van der Waals surface area contributed by atoms with E-state index < -0.39 is 17.9 Å². The third-order valence-corrected chi connectivity index (χ3v) is 6.13. The van der Waals surface area contributed by atoms with Gasteiger partial charge in [0.2, 0.25) is 17.7 Å². The Morgan fingerprint density at radius 3 is 2.61 bits per heavy atom. The number of amides is 5. The molecule has 2 aliphatic heterocycles. The Labute approximate surface area is 192 Å². The van der Waals surface area contributed by atoms with E-state index in [2.05, 4.69) is 10.3 Å². The van der Waals surface area contributed by atoms with E-state index in [4.69, 9.17) is 0 Å². The molecule has 2 aromatic rings. The van der Waals surface area contributed by atoms with Crippen LogP contribution in [-0.4, -0.2) is 82.7 Å². The maximum absolute atomic E-state index is 13.3. The van der Waals surface area contributed by atoms with E-state index in [0.717, 1.165) is 16.7 Å². The number of nitrogens with one attached hydrogen (secondary N) is 1. The number of benzene rings is 1. The maximum Gasteiger partial charge on any atom is 0.325 e. The first-order valence-electron chi connectivity index (χ1n) is 11.1. The second-order valence-electron chi connectivity index (χ2n) is 8.27. The fourth-order valence-electron chi connectivity index (χ4n) is 4.38. The van der Waals surface area contributed by atoms with Gasteiger partial charge in [-0.05, 0) is 30.5 Å². The number of rotatable bonds is 6. The summed E-state index contributed by atoms with van der Waals surface area (Å²) in [5.74, 6) is -1.08. The molecule has 0 spiro atoms. The number of pyridine rings is 1. The number of carbonyl (C=O) groups excluding carboxylic acids is 4. The third-order valence-electron chi connectivity index (χ3n) is 6.13. The third kappa shape index (κ3) is 5.02. The molecular formula is C24H27N5O4. The predicted molar refractivity (Wildman–Crippen MR) is 121 cm³/mol. The van der Waals surface area contributed by atoms with E-state index in [1.54, 1.807) is 22.2 Å². The Morgan fingerprint density at radius 1 is 1.09 bits per heavy atom. The molecule has 1 aromatic carbocycles. The molecule has 1 N–H and O–H groups in total. The standard InChI is InChI=1S/C24H27N5O4/c1-2-27-10-11-28(22(31)16-29-15-21(30)26-24(29)33)14-19(23(27)32)12-17-6-3-4-8-20(17)18-7-5-9-25-13-18/h3-9,13,19H,2,10-12,14-16H2,1H3,(H,26,30,33). The number of urea groups is 1. The predicted octanol–water partition coefficient (Wildman–Crippen LogP) is 1.15. The molecule has 9 heteroatoms. The van der Waals surface area contributed by atoms with Crippen molar-refractivity contribution in [2.75, 3.05) is 39.3 Å². The molecule has 2 aliphatic rings. The zero-order valence-corrected chi connectivity index (χ0v) is 18.6. The molecule has 0 bridgehead atoms. The highest BCUT2D eigenvalue weighted by molar-refractivity contribution is 6.03. The van der Waals surface area contributed by atoms with Gasteiger partial charge in [0.25, 0.3) is 0 Å². The molecule has 5 amide bonds. The highest BCUT2D eigenvalue weighted by Gasteiger charge is 2.34. The molecule has 0 aliphatic carbocycles. The summed E-state index contributed by atoms with van der Waals surface area (Å²) >= 11 is 0. The van der Waals surface area contributed by atoms with Crippen molar-refractivity contribution in [1.29, 1.82) is 0 Å².